The molecule has 0 radical (unpaired) electrons. The molecule has 5 aliphatic rings. The summed E-state index contributed by atoms with van der Waals surface area (Å²) in [6, 6.07) is 0. The third kappa shape index (κ3) is 2.76. The van der Waals surface area contributed by atoms with Gasteiger partial charge >= 0.3 is 5.97 Å². The van der Waals surface area contributed by atoms with E-state index in [1.165, 1.54) is 5.57 Å². The Bertz CT molecular complexity index is 896. The number of aliphatic hydroxyl groups excluding tert-OH is 2. The summed E-state index contributed by atoms with van der Waals surface area (Å²) in [5.74, 6) is 1.35. The van der Waals surface area contributed by atoms with Crippen LogP contribution in [-0.4, -0.2) is 34.0 Å². The molecule has 0 aromatic rings. The Kier molecular flexibility index (Phi) is 5.52. The number of hydrogen-bond acceptors (Lipinski definition) is 3. The van der Waals surface area contributed by atoms with Gasteiger partial charge in [-0.2, -0.15) is 0 Å². The van der Waals surface area contributed by atoms with Gasteiger partial charge in [0, 0.05) is 5.41 Å². The van der Waals surface area contributed by atoms with E-state index in [0.29, 0.717) is 23.7 Å². The quantitative estimate of drug-likeness (QED) is 0.427. The molecule has 5 aliphatic carbocycles. The van der Waals surface area contributed by atoms with Crippen molar-refractivity contribution in [2.45, 2.75) is 105 Å². The maximum absolute atomic E-state index is 12.8. The van der Waals surface area contributed by atoms with E-state index in [1.54, 1.807) is 0 Å². The van der Waals surface area contributed by atoms with E-state index in [-0.39, 0.29) is 28.8 Å². The lowest BCUT2D eigenvalue weighted by Gasteiger charge is -2.71. The molecule has 11 atom stereocenters. The normalized spacial score (nSPS) is 56.9. The van der Waals surface area contributed by atoms with E-state index in [0.717, 1.165) is 57.8 Å². The Hall–Kier alpha value is -0.870. The van der Waals surface area contributed by atoms with Gasteiger partial charge in [0.2, 0.25) is 0 Å². The number of aliphatic carboxylic acids is 1. The van der Waals surface area contributed by atoms with E-state index in [4.69, 9.17) is 0 Å². The van der Waals surface area contributed by atoms with Gasteiger partial charge in [-0.25, -0.2) is 0 Å². The average molecular weight is 473 g/mol. The van der Waals surface area contributed by atoms with Gasteiger partial charge in [0.1, 0.15) is 0 Å². The van der Waals surface area contributed by atoms with Crippen molar-refractivity contribution in [1.29, 1.82) is 0 Å². The topological polar surface area (TPSA) is 77.8 Å². The zero-order valence-electron chi connectivity index (χ0n) is 22.4. The second-order valence-electron chi connectivity index (χ2n) is 14.3. The fraction of sp³-hybridized carbons (Fsp3) is 0.900. The average Bonchev–Trinajstić information content (AvgIpc) is 2.79. The highest BCUT2D eigenvalue weighted by atomic mass is 16.4. The van der Waals surface area contributed by atoms with Crippen LogP contribution in [0.4, 0.5) is 0 Å². The van der Waals surface area contributed by atoms with Crippen LogP contribution in [-0.2, 0) is 4.79 Å². The third-order valence-corrected chi connectivity index (χ3v) is 13.5. The highest BCUT2D eigenvalue weighted by Crippen LogP contribution is 2.75. The molecule has 0 unspecified atom stereocenters. The molecule has 5 rings (SSSR count). The molecule has 0 spiro atoms. The summed E-state index contributed by atoms with van der Waals surface area (Å²) in [5.41, 5.74) is 0.670. The van der Waals surface area contributed by atoms with Crippen LogP contribution in [0, 0.1) is 56.7 Å². The van der Waals surface area contributed by atoms with Crippen LogP contribution < -0.4 is 0 Å². The zero-order chi connectivity index (χ0) is 24.9. The molecule has 4 nitrogen and oxygen atoms in total. The summed E-state index contributed by atoms with van der Waals surface area (Å²) in [6.07, 6.45) is 10.6. The molecule has 192 valence electrons. The Morgan fingerprint density at radius 1 is 0.971 bits per heavy atom. The molecule has 0 aromatic carbocycles. The molecule has 0 aromatic heterocycles. The van der Waals surface area contributed by atoms with Crippen molar-refractivity contribution in [3.05, 3.63) is 11.6 Å². The van der Waals surface area contributed by atoms with Gasteiger partial charge in [-0.15, -0.1) is 0 Å². The van der Waals surface area contributed by atoms with Gasteiger partial charge in [-0.1, -0.05) is 53.2 Å². The Morgan fingerprint density at radius 3 is 2.32 bits per heavy atom. The minimum atomic E-state index is -0.591. The number of carboxylic acids is 1. The standard InChI is InChI=1S/C30H48O4/c1-18-9-14-30(25(33)34)16-15-28(5)20(24(30)19(18)2)7-8-22-26(3)12-11-23(32)27(4,17-31)21(26)10-13-29(22,28)6/h7,18-19,21-24,31-32H,8-17H2,1-6H3,(H,33,34)/t18-,19+,21+,22+,23+,24-,26+,27+,28-,29-,30+/m1/s1. The van der Waals surface area contributed by atoms with E-state index in [2.05, 4.69) is 47.6 Å². The van der Waals surface area contributed by atoms with Crippen molar-refractivity contribution >= 4 is 5.97 Å². The van der Waals surface area contributed by atoms with Crippen LogP contribution in [0.1, 0.15) is 99.3 Å². The van der Waals surface area contributed by atoms with E-state index >= 15 is 0 Å². The van der Waals surface area contributed by atoms with Crippen LogP contribution in [0.5, 0.6) is 0 Å². The van der Waals surface area contributed by atoms with Crippen LogP contribution >= 0.6 is 0 Å². The van der Waals surface area contributed by atoms with Crippen LogP contribution in [0.25, 0.3) is 0 Å². The van der Waals surface area contributed by atoms with Gasteiger partial charge < -0.3 is 15.3 Å². The number of fused-ring (bicyclic) bond motifs is 7. The Morgan fingerprint density at radius 2 is 1.68 bits per heavy atom. The summed E-state index contributed by atoms with van der Waals surface area (Å²) >= 11 is 0. The second-order valence-corrected chi connectivity index (χ2v) is 14.3. The predicted octanol–water partition coefficient (Wildman–Crippen LogP) is 6.06. The van der Waals surface area contributed by atoms with Gasteiger partial charge in [0.25, 0.3) is 0 Å². The van der Waals surface area contributed by atoms with Crippen LogP contribution in [0.3, 0.4) is 0 Å². The smallest absolute Gasteiger partial charge is 0.310 e. The Labute approximate surface area is 206 Å². The summed E-state index contributed by atoms with van der Waals surface area (Å²) in [7, 11) is 0. The maximum Gasteiger partial charge on any atom is 0.310 e. The first-order chi connectivity index (χ1) is 15.8. The van der Waals surface area contributed by atoms with Crippen molar-refractivity contribution < 1.29 is 20.1 Å². The molecular formula is C30H48O4. The largest absolute Gasteiger partial charge is 0.481 e. The van der Waals surface area contributed by atoms with E-state index in [1.807, 2.05) is 0 Å². The molecule has 3 N–H and O–H groups in total. The minimum Gasteiger partial charge on any atom is -0.481 e. The molecule has 0 saturated heterocycles. The SMILES string of the molecule is C[C@H]1[C@H](C)CC[C@]2(C(=O)O)CC[C@]3(C)C(=CC[C@H]4[C@@]5(C)CC[C@H](O)[C@@](C)(CO)[C@H]5CC[C@]43C)[C@@H]12. The second kappa shape index (κ2) is 7.57. The van der Waals surface area contributed by atoms with Gasteiger partial charge in [-0.05, 0) is 104 Å². The summed E-state index contributed by atoms with van der Waals surface area (Å²) < 4.78 is 0. The van der Waals surface area contributed by atoms with Crippen LogP contribution in [0.2, 0.25) is 0 Å². The first-order valence-electron chi connectivity index (χ1n) is 14.0. The molecule has 0 heterocycles. The molecule has 0 bridgehead atoms. The summed E-state index contributed by atoms with van der Waals surface area (Å²) in [4.78, 5) is 12.8. The molecule has 4 saturated carbocycles. The first-order valence-corrected chi connectivity index (χ1v) is 14.0. The molecule has 0 aliphatic heterocycles. The monoisotopic (exact) mass is 472 g/mol. The molecule has 0 amide bonds. The zero-order valence-corrected chi connectivity index (χ0v) is 22.4. The summed E-state index contributed by atoms with van der Waals surface area (Å²) in [6.45, 7) is 14.3. The maximum atomic E-state index is 12.8. The molecular weight excluding hydrogens is 424 g/mol. The van der Waals surface area contributed by atoms with Crippen LogP contribution in [0.15, 0.2) is 11.6 Å². The minimum absolute atomic E-state index is 0.0184. The lowest BCUT2D eigenvalue weighted by Crippen LogP contribution is -2.66. The number of carbonyl (C=O) groups is 1. The summed E-state index contributed by atoms with van der Waals surface area (Å²) in [5, 5.41) is 31.9. The van der Waals surface area contributed by atoms with Crippen molar-refractivity contribution in [3.8, 4) is 0 Å². The highest BCUT2D eigenvalue weighted by Gasteiger charge is 2.69. The van der Waals surface area contributed by atoms with Crippen molar-refractivity contribution in [1.82, 2.24) is 0 Å². The highest BCUT2D eigenvalue weighted by molar-refractivity contribution is 5.76. The number of aliphatic hydroxyl groups is 2. The number of carboxylic acid groups (broad SMARTS) is 1. The van der Waals surface area contributed by atoms with Crippen molar-refractivity contribution in [3.63, 3.8) is 0 Å². The van der Waals surface area contributed by atoms with Crippen molar-refractivity contribution in [2.24, 2.45) is 56.7 Å². The lowest BCUT2D eigenvalue weighted by atomic mass is 9.33. The van der Waals surface area contributed by atoms with E-state index in [9.17, 15) is 20.1 Å². The molecule has 4 heteroatoms. The fourth-order valence-electron chi connectivity index (χ4n) is 10.9. The van der Waals surface area contributed by atoms with Gasteiger partial charge in [0.05, 0.1) is 18.1 Å². The molecule has 4 fully saturated rings. The van der Waals surface area contributed by atoms with Gasteiger partial charge in [-0.3, -0.25) is 4.79 Å². The number of rotatable bonds is 2. The fourth-order valence-corrected chi connectivity index (χ4v) is 10.9. The van der Waals surface area contributed by atoms with E-state index < -0.39 is 22.9 Å². The third-order valence-electron chi connectivity index (χ3n) is 13.5. The lowest BCUT2D eigenvalue weighted by molar-refractivity contribution is -0.217. The number of allylic oxidation sites excluding steroid dienone is 2. The first kappa shape index (κ1) is 24.8. The number of hydrogen-bond donors (Lipinski definition) is 3. The molecule has 34 heavy (non-hydrogen) atoms. The Balaban J connectivity index is 1.61. The van der Waals surface area contributed by atoms with Crippen molar-refractivity contribution in [2.75, 3.05) is 6.61 Å². The predicted molar refractivity (Wildman–Crippen MR) is 134 cm³/mol. The van der Waals surface area contributed by atoms with Gasteiger partial charge in [0.15, 0.2) is 0 Å².